The number of carbonyl (C=O) groups is 2. The molecule has 2 atom stereocenters. The van der Waals surface area contributed by atoms with Gasteiger partial charge in [-0.3, -0.25) is 4.79 Å². The first-order valence-corrected chi connectivity index (χ1v) is 13.4. The summed E-state index contributed by atoms with van der Waals surface area (Å²) in [6.45, 7) is 0. The van der Waals surface area contributed by atoms with Crippen LogP contribution >= 0.6 is 11.6 Å². The number of carboxylic acid groups (broad SMARTS) is 1. The lowest BCUT2D eigenvalue weighted by atomic mass is 9.83. The molecule has 0 saturated heterocycles. The highest BCUT2D eigenvalue weighted by molar-refractivity contribution is 6.34. The minimum absolute atomic E-state index is 0.0157. The average Bonchev–Trinajstić information content (AvgIpc) is 3.28. The lowest BCUT2D eigenvalue weighted by Gasteiger charge is -2.33. The third kappa shape index (κ3) is 5.44. The van der Waals surface area contributed by atoms with E-state index < -0.39 is 35.7 Å². The topological polar surface area (TPSA) is 93.5 Å². The van der Waals surface area contributed by atoms with Crippen molar-refractivity contribution >= 4 is 40.2 Å². The summed E-state index contributed by atoms with van der Waals surface area (Å²) >= 11 is 6.34. The van der Waals surface area contributed by atoms with E-state index in [2.05, 4.69) is 10.3 Å². The van der Waals surface area contributed by atoms with Crippen LogP contribution in [0.2, 0.25) is 5.02 Å². The van der Waals surface area contributed by atoms with Crippen molar-refractivity contribution in [3.05, 3.63) is 94.3 Å². The van der Waals surface area contributed by atoms with Gasteiger partial charge in [-0.05, 0) is 42.5 Å². The van der Waals surface area contributed by atoms with Gasteiger partial charge in [0.25, 0.3) is 0 Å². The fraction of sp³-hybridized carbons (Fsp3) is 0.300. The second-order valence-electron chi connectivity index (χ2n) is 9.95. The summed E-state index contributed by atoms with van der Waals surface area (Å²) in [4.78, 5) is 30.2. The molecule has 10 heteroatoms. The highest BCUT2D eigenvalue weighted by Crippen LogP contribution is 2.40. The number of carboxylic acids is 1. The van der Waals surface area contributed by atoms with Crippen molar-refractivity contribution in [1.29, 1.82) is 0 Å². The first-order chi connectivity index (χ1) is 19.3. The second-order valence-corrected chi connectivity index (χ2v) is 10.4. The van der Waals surface area contributed by atoms with Gasteiger partial charge in [-0.25, -0.2) is 18.6 Å². The molecule has 0 spiro atoms. The van der Waals surface area contributed by atoms with Crippen molar-refractivity contribution in [2.45, 2.75) is 44.2 Å². The Morgan fingerprint density at radius 1 is 1.05 bits per heavy atom. The maximum atomic E-state index is 14.6. The zero-order valence-electron chi connectivity index (χ0n) is 21.7. The van der Waals surface area contributed by atoms with Gasteiger partial charge in [0.15, 0.2) is 11.6 Å². The largest absolute Gasteiger partial charge is 0.478 e. The smallest absolute Gasteiger partial charge is 0.335 e. The molecule has 208 valence electrons. The molecule has 1 aliphatic carbocycles. The molecule has 4 aromatic rings. The first-order valence-electron chi connectivity index (χ1n) is 13.1. The third-order valence-electron chi connectivity index (χ3n) is 7.45. The van der Waals surface area contributed by atoms with Crippen molar-refractivity contribution in [2.75, 3.05) is 12.4 Å². The zero-order chi connectivity index (χ0) is 28.4. The number of ether oxygens (including phenoxy) is 1. The quantitative estimate of drug-likeness (QED) is 0.235. The number of halogens is 3. The predicted octanol–water partition coefficient (Wildman–Crippen LogP) is 7.16. The fourth-order valence-electron chi connectivity index (χ4n) is 5.55. The number of hydrogen-bond donors (Lipinski definition) is 2. The molecular formula is C30H28ClF2N3O4. The summed E-state index contributed by atoms with van der Waals surface area (Å²) in [6.07, 6.45) is 3.64. The van der Waals surface area contributed by atoms with Crippen molar-refractivity contribution in [3.8, 4) is 0 Å². The SMILES string of the molecule is CO[C@H](c1ccccc1)c1nc2cc(F)c(F)cc2n1[C@H](C(=O)Nc1ccc(C(=O)O)cc1Cl)C1CCCCC1. The van der Waals surface area contributed by atoms with Gasteiger partial charge in [-0.1, -0.05) is 61.2 Å². The Balaban J connectivity index is 1.68. The number of nitrogens with one attached hydrogen (secondary N) is 1. The van der Waals surface area contributed by atoms with Crippen LogP contribution in [0.3, 0.4) is 0 Å². The summed E-state index contributed by atoms with van der Waals surface area (Å²) in [6, 6.07) is 14.6. The number of aromatic nitrogens is 2. The van der Waals surface area contributed by atoms with Crippen LogP contribution in [0.25, 0.3) is 11.0 Å². The molecule has 0 bridgehead atoms. The van der Waals surface area contributed by atoms with Crippen LogP contribution in [0.5, 0.6) is 0 Å². The van der Waals surface area contributed by atoms with Crippen LogP contribution < -0.4 is 5.32 Å². The molecule has 2 N–H and O–H groups in total. The molecule has 7 nitrogen and oxygen atoms in total. The van der Waals surface area contributed by atoms with E-state index >= 15 is 0 Å². The number of methoxy groups -OCH3 is 1. The second kappa shape index (κ2) is 11.7. The standard InChI is InChI=1S/C30H28ClF2N3O4/c1-40-27(18-10-6-3-7-11-18)28-34-24-15-21(32)22(33)16-25(24)36(28)26(17-8-4-2-5-9-17)29(37)35-23-13-12-19(30(38)39)14-20(23)31/h3,6-7,10-17,26-27H,2,4-5,8-9H2,1H3,(H,35,37)(H,38,39)/t26-,27+/m0/s1. The highest BCUT2D eigenvalue weighted by atomic mass is 35.5. The molecular weight excluding hydrogens is 540 g/mol. The maximum Gasteiger partial charge on any atom is 0.335 e. The van der Waals surface area contributed by atoms with Gasteiger partial charge in [0, 0.05) is 19.2 Å². The molecule has 1 saturated carbocycles. The van der Waals surface area contributed by atoms with Crippen molar-refractivity contribution in [3.63, 3.8) is 0 Å². The summed E-state index contributed by atoms with van der Waals surface area (Å²) in [5, 5.41) is 12.2. The van der Waals surface area contributed by atoms with Crippen LogP contribution in [0.15, 0.2) is 60.7 Å². The van der Waals surface area contributed by atoms with Gasteiger partial charge in [-0.2, -0.15) is 0 Å². The number of rotatable bonds is 8. The molecule has 5 rings (SSSR count). The zero-order valence-corrected chi connectivity index (χ0v) is 22.5. The average molecular weight is 568 g/mol. The monoisotopic (exact) mass is 567 g/mol. The Hall–Kier alpha value is -3.82. The number of fused-ring (bicyclic) bond motifs is 1. The van der Waals surface area contributed by atoms with Gasteiger partial charge in [0.05, 0.1) is 27.3 Å². The van der Waals surface area contributed by atoms with E-state index in [0.29, 0.717) is 5.82 Å². The van der Waals surface area contributed by atoms with Crippen LogP contribution in [0, 0.1) is 17.6 Å². The highest BCUT2D eigenvalue weighted by Gasteiger charge is 2.36. The molecule has 1 amide bonds. The Kier molecular flexibility index (Phi) is 8.14. The van der Waals surface area contributed by atoms with Crippen LogP contribution in [-0.4, -0.2) is 33.6 Å². The maximum absolute atomic E-state index is 14.6. The van der Waals surface area contributed by atoms with Crippen LogP contribution in [0.1, 0.15) is 66.0 Å². The normalized spacial score (nSPS) is 15.6. The minimum Gasteiger partial charge on any atom is -0.478 e. The Morgan fingerprint density at radius 3 is 2.40 bits per heavy atom. The number of nitrogens with zero attached hydrogens (tertiary/aromatic N) is 2. The Bertz CT molecular complexity index is 1550. The third-order valence-corrected chi connectivity index (χ3v) is 7.76. The molecule has 1 heterocycles. The Labute approximate surface area is 234 Å². The molecule has 0 unspecified atom stereocenters. The number of benzene rings is 3. The molecule has 1 aromatic heterocycles. The van der Waals surface area contributed by atoms with Gasteiger partial charge in [0.1, 0.15) is 18.0 Å². The van der Waals surface area contributed by atoms with E-state index in [-0.39, 0.29) is 33.2 Å². The number of hydrogen-bond acceptors (Lipinski definition) is 4. The van der Waals surface area contributed by atoms with E-state index in [4.69, 9.17) is 16.3 Å². The molecule has 0 radical (unpaired) electrons. The van der Waals surface area contributed by atoms with Gasteiger partial charge >= 0.3 is 5.97 Å². The van der Waals surface area contributed by atoms with Crippen molar-refractivity contribution in [1.82, 2.24) is 9.55 Å². The number of imidazole rings is 1. The summed E-state index contributed by atoms with van der Waals surface area (Å²) < 4.78 is 36.5. The molecule has 1 fully saturated rings. The van der Waals surface area contributed by atoms with Crippen LogP contribution in [-0.2, 0) is 9.53 Å². The van der Waals surface area contributed by atoms with E-state index in [0.717, 1.165) is 49.8 Å². The number of anilines is 1. The number of amides is 1. The van der Waals surface area contributed by atoms with E-state index in [1.807, 2.05) is 30.3 Å². The van der Waals surface area contributed by atoms with Crippen molar-refractivity contribution < 1.29 is 28.2 Å². The summed E-state index contributed by atoms with van der Waals surface area (Å²) in [5.41, 5.74) is 1.46. The molecule has 40 heavy (non-hydrogen) atoms. The molecule has 3 aromatic carbocycles. The van der Waals surface area contributed by atoms with E-state index in [1.165, 1.54) is 25.3 Å². The Morgan fingerprint density at radius 2 is 1.75 bits per heavy atom. The van der Waals surface area contributed by atoms with Crippen LogP contribution in [0.4, 0.5) is 14.5 Å². The number of carbonyl (C=O) groups excluding carboxylic acids is 1. The first kappa shape index (κ1) is 27.7. The molecule has 0 aliphatic heterocycles. The van der Waals surface area contributed by atoms with Gasteiger partial charge in [-0.15, -0.1) is 0 Å². The predicted molar refractivity (Wildman–Crippen MR) is 148 cm³/mol. The molecule has 1 aliphatic rings. The van der Waals surface area contributed by atoms with E-state index in [1.54, 1.807) is 4.57 Å². The van der Waals surface area contributed by atoms with E-state index in [9.17, 15) is 23.5 Å². The summed E-state index contributed by atoms with van der Waals surface area (Å²) in [7, 11) is 1.52. The van der Waals surface area contributed by atoms with Gasteiger partial charge < -0.3 is 19.7 Å². The fourth-order valence-corrected chi connectivity index (χ4v) is 5.78. The van der Waals surface area contributed by atoms with Gasteiger partial charge in [0.2, 0.25) is 5.91 Å². The number of aromatic carboxylic acids is 1. The minimum atomic E-state index is -1.14. The lowest BCUT2D eigenvalue weighted by molar-refractivity contribution is -0.121. The summed E-state index contributed by atoms with van der Waals surface area (Å²) in [5.74, 6) is -3.46. The van der Waals surface area contributed by atoms with Crippen molar-refractivity contribution in [2.24, 2.45) is 5.92 Å². The lowest BCUT2D eigenvalue weighted by Crippen LogP contribution is -2.35.